The number of hydrogen-bond donors (Lipinski definition) is 3. The molecule has 0 aliphatic carbocycles. The highest BCUT2D eigenvalue weighted by Crippen LogP contribution is 2.29. The molecule has 1 aromatic carbocycles. The minimum atomic E-state index is -0.981. The Hall–Kier alpha value is -2.61. The van der Waals surface area contributed by atoms with Gasteiger partial charge in [0.25, 0.3) is 0 Å². The molecule has 0 bridgehead atoms. The number of nitrogens with zero attached hydrogens (tertiary/aromatic N) is 1. The van der Waals surface area contributed by atoms with Crippen LogP contribution >= 0.6 is 0 Å². The molecule has 3 amide bonds. The normalized spacial score (nSPS) is 13.7. The first-order valence-electron chi connectivity index (χ1n) is 12.3. The summed E-state index contributed by atoms with van der Waals surface area (Å²) in [5.41, 5.74) is 1.15. The molecule has 0 aliphatic rings. The van der Waals surface area contributed by atoms with Crippen molar-refractivity contribution in [3.05, 3.63) is 34.9 Å². The maximum Gasteiger partial charge on any atom is 0.408 e. The van der Waals surface area contributed by atoms with Crippen molar-refractivity contribution in [3.8, 4) is 0 Å². The first kappa shape index (κ1) is 30.4. The second-order valence-electron chi connectivity index (χ2n) is 11.5. The number of benzene rings is 1. The van der Waals surface area contributed by atoms with Crippen LogP contribution in [-0.2, 0) is 14.3 Å². The van der Waals surface area contributed by atoms with Crippen LogP contribution < -0.4 is 10.6 Å². The van der Waals surface area contributed by atoms with E-state index in [1.165, 1.54) is 4.90 Å². The van der Waals surface area contributed by atoms with Gasteiger partial charge in [-0.25, -0.2) is 4.79 Å². The first-order chi connectivity index (χ1) is 16.0. The summed E-state index contributed by atoms with van der Waals surface area (Å²) < 4.78 is 5.39. The van der Waals surface area contributed by atoms with Crippen LogP contribution in [0.15, 0.2) is 18.2 Å². The van der Waals surface area contributed by atoms with Crippen LogP contribution in [0.3, 0.4) is 0 Å². The molecule has 8 nitrogen and oxygen atoms in total. The van der Waals surface area contributed by atoms with Crippen molar-refractivity contribution in [1.82, 2.24) is 15.5 Å². The van der Waals surface area contributed by atoms with Gasteiger partial charge in [-0.05, 0) is 84.4 Å². The van der Waals surface area contributed by atoms with Gasteiger partial charge in [-0.3, -0.25) is 9.59 Å². The molecule has 0 radical (unpaired) electrons. The quantitative estimate of drug-likeness (QED) is 0.484. The number of aliphatic hydroxyl groups excluding tert-OH is 1. The number of aliphatic hydroxyl groups is 1. The fourth-order valence-electron chi connectivity index (χ4n) is 3.94. The van der Waals surface area contributed by atoms with Crippen molar-refractivity contribution in [3.63, 3.8) is 0 Å². The molecule has 3 N–H and O–H groups in total. The van der Waals surface area contributed by atoms with Crippen molar-refractivity contribution >= 4 is 17.9 Å². The highest BCUT2D eigenvalue weighted by molar-refractivity contribution is 5.92. The molecule has 0 aliphatic heterocycles. The summed E-state index contributed by atoms with van der Waals surface area (Å²) in [6.45, 7) is 18.1. The number of carbonyl (C=O) groups is 3. The molecule has 0 fully saturated rings. The summed E-state index contributed by atoms with van der Waals surface area (Å²) in [6.07, 6.45) is -0.358. The Labute approximate surface area is 210 Å². The van der Waals surface area contributed by atoms with E-state index >= 15 is 0 Å². The highest BCUT2D eigenvalue weighted by atomic mass is 16.6. The van der Waals surface area contributed by atoms with E-state index in [1.54, 1.807) is 20.8 Å². The Balaban J connectivity index is 3.56. The Morgan fingerprint density at radius 2 is 1.57 bits per heavy atom. The standard InChI is InChI=1S/C27H45N3O5/c1-17(2)16-20(28-25(34)35-27(8,9)10)24(33)30(14-15-31)22(23(32)29-26(5,6)7)21-18(3)12-11-13-19(21)4/h11-13,17,20,22,31H,14-16H2,1-10H3,(H,28,34)(H,29,32). The van der Waals surface area contributed by atoms with Gasteiger partial charge in [0.15, 0.2) is 0 Å². The Morgan fingerprint density at radius 3 is 2.00 bits per heavy atom. The van der Waals surface area contributed by atoms with Gasteiger partial charge in [0.05, 0.1) is 6.61 Å². The lowest BCUT2D eigenvalue weighted by Crippen LogP contribution is -2.55. The van der Waals surface area contributed by atoms with E-state index in [1.807, 2.05) is 66.7 Å². The summed E-state index contributed by atoms with van der Waals surface area (Å²) in [5, 5.41) is 15.6. The largest absolute Gasteiger partial charge is 0.444 e. The zero-order chi connectivity index (χ0) is 27.1. The number of rotatable bonds is 9. The molecule has 198 valence electrons. The van der Waals surface area contributed by atoms with E-state index in [-0.39, 0.29) is 25.0 Å². The number of carbonyl (C=O) groups excluding carboxylic acids is 3. The van der Waals surface area contributed by atoms with E-state index in [0.717, 1.165) is 11.1 Å². The zero-order valence-electron chi connectivity index (χ0n) is 23.1. The number of aryl methyl sites for hydroxylation is 2. The second kappa shape index (κ2) is 12.4. The van der Waals surface area contributed by atoms with Crippen LogP contribution in [0.2, 0.25) is 0 Å². The van der Waals surface area contributed by atoms with E-state index in [2.05, 4.69) is 10.6 Å². The average Bonchev–Trinajstić information content (AvgIpc) is 2.65. The van der Waals surface area contributed by atoms with Crippen LogP contribution in [0, 0.1) is 19.8 Å². The third kappa shape index (κ3) is 9.88. The lowest BCUT2D eigenvalue weighted by atomic mass is 9.92. The van der Waals surface area contributed by atoms with Gasteiger partial charge in [0.2, 0.25) is 11.8 Å². The molecule has 35 heavy (non-hydrogen) atoms. The Morgan fingerprint density at radius 1 is 1.03 bits per heavy atom. The minimum absolute atomic E-state index is 0.0700. The number of hydrogen-bond acceptors (Lipinski definition) is 5. The fraction of sp³-hybridized carbons (Fsp3) is 0.667. The topological polar surface area (TPSA) is 108 Å². The zero-order valence-corrected chi connectivity index (χ0v) is 23.1. The minimum Gasteiger partial charge on any atom is -0.444 e. The van der Waals surface area contributed by atoms with Gasteiger partial charge in [0, 0.05) is 12.1 Å². The number of ether oxygens (including phenoxy) is 1. The molecular weight excluding hydrogens is 446 g/mol. The SMILES string of the molecule is Cc1cccc(C)c1C(C(=O)NC(C)(C)C)N(CCO)C(=O)C(CC(C)C)NC(=O)OC(C)(C)C. The number of nitrogens with one attached hydrogen (secondary N) is 2. The molecule has 0 heterocycles. The third-order valence-corrected chi connectivity index (χ3v) is 5.19. The van der Waals surface area contributed by atoms with Crippen LogP contribution in [0.5, 0.6) is 0 Å². The Bertz CT molecular complexity index is 864. The van der Waals surface area contributed by atoms with Gasteiger partial charge in [-0.2, -0.15) is 0 Å². The van der Waals surface area contributed by atoms with Crippen molar-refractivity contribution in [2.24, 2.45) is 5.92 Å². The summed E-state index contributed by atoms with van der Waals surface area (Å²) in [7, 11) is 0. The predicted octanol–water partition coefficient (Wildman–Crippen LogP) is 4.02. The molecule has 8 heteroatoms. The predicted molar refractivity (Wildman–Crippen MR) is 138 cm³/mol. The highest BCUT2D eigenvalue weighted by Gasteiger charge is 2.38. The second-order valence-corrected chi connectivity index (χ2v) is 11.5. The molecule has 0 spiro atoms. The molecule has 2 atom stereocenters. The molecule has 1 rings (SSSR count). The molecule has 0 aromatic heterocycles. The smallest absolute Gasteiger partial charge is 0.408 e. The van der Waals surface area contributed by atoms with Crippen LogP contribution in [0.4, 0.5) is 4.79 Å². The number of alkyl carbamates (subject to hydrolysis) is 1. The van der Waals surface area contributed by atoms with Gasteiger partial charge in [-0.15, -0.1) is 0 Å². The van der Waals surface area contributed by atoms with E-state index in [0.29, 0.717) is 12.0 Å². The van der Waals surface area contributed by atoms with Crippen LogP contribution in [0.1, 0.15) is 84.5 Å². The average molecular weight is 492 g/mol. The van der Waals surface area contributed by atoms with Crippen molar-refractivity contribution in [2.75, 3.05) is 13.2 Å². The lowest BCUT2D eigenvalue weighted by molar-refractivity contribution is -0.144. The Kier molecular flexibility index (Phi) is 10.8. The molecule has 1 aromatic rings. The summed E-state index contributed by atoms with van der Waals surface area (Å²) in [4.78, 5) is 41.5. The van der Waals surface area contributed by atoms with Crippen LogP contribution in [-0.4, -0.2) is 58.2 Å². The van der Waals surface area contributed by atoms with Crippen molar-refractivity contribution < 1.29 is 24.2 Å². The van der Waals surface area contributed by atoms with E-state index < -0.39 is 35.2 Å². The van der Waals surface area contributed by atoms with Gasteiger partial charge in [-0.1, -0.05) is 32.0 Å². The number of amides is 3. The van der Waals surface area contributed by atoms with Crippen molar-refractivity contribution in [2.45, 2.75) is 98.9 Å². The summed E-state index contributed by atoms with van der Waals surface area (Å²) >= 11 is 0. The van der Waals surface area contributed by atoms with Gasteiger partial charge in [0.1, 0.15) is 17.7 Å². The monoisotopic (exact) mass is 491 g/mol. The molecule has 2 unspecified atom stereocenters. The molecular formula is C27H45N3O5. The molecule has 0 saturated carbocycles. The lowest BCUT2D eigenvalue weighted by Gasteiger charge is -2.37. The summed E-state index contributed by atoms with van der Waals surface area (Å²) in [6, 6.07) is 3.78. The van der Waals surface area contributed by atoms with Crippen LogP contribution in [0.25, 0.3) is 0 Å². The molecule has 0 saturated heterocycles. The fourth-order valence-corrected chi connectivity index (χ4v) is 3.94. The van der Waals surface area contributed by atoms with E-state index in [4.69, 9.17) is 4.74 Å². The van der Waals surface area contributed by atoms with Gasteiger partial charge < -0.3 is 25.4 Å². The third-order valence-electron chi connectivity index (χ3n) is 5.19. The maximum absolute atomic E-state index is 13.9. The van der Waals surface area contributed by atoms with Crippen molar-refractivity contribution in [1.29, 1.82) is 0 Å². The maximum atomic E-state index is 13.9. The van der Waals surface area contributed by atoms with Gasteiger partial charge >= 0.3 is 6.09 Å². The van der Waals surface area contributed by atoms with E-state index in [9.17, 15) is 19.5 Å². The first-order valence-corrected chi connectivity index (χ1v) is 12.3. The summed E-state index contributed by atoms with van der Waals surface area (Å²) in [5.74, 6) is -0.718.